The van der Waals surface area contributed by atoms with Crippen molar-refractivity contribution in [3.63, 3.8) is 0 Å². The Balaban J connectivity index is 1.79. The molecule has 4 rings (SSSR count). The topological polar surface area (TPSA) is 70.7 Å². The van der Waals surface area contributed by atoms with Gasteiger partial charge >= 0.3 is 6.03 Å². The Hall–Kier alpha value is -4.06. The number of allylic oxidation sites excluding steroid dienone is 1. The van der Waals surface area contributed by atoms with Crippen LogP contribution in [0.1, 0.15) is 18.5 Å². The fourth-order valence-electron chi connectivity index (χ4n) is 3.69. The number of rotatable bonds is 5. The first-order chi connectivity index (χ1) is 15.1. The molecule has 31 heavy (non-hydrogen) atoms. The molecule has 0 fully saturated rings. The number of nitrogens with zero attached hydrogens (tertiary/aromatic N) is 1. The van der Waals surface area contributed by atoms with Gasteiger partial charge < -0.3 is 15.4 Å². The zero-order chi connectivity index (χ0) is 21.8. The molecule has 3 amide bonds. The highest BCUT2D eigenvalue weighted by molar-refractivity contribution is 6.09. The Labute approximate surface area is 181 Å². The van der Waals surface area contributed by atoms with Gasteiger partial charge in [-0.15, -0.1) is 0 Å². The van der Waals surface area contributed by atoms with Crippen molar-refractivity contribution < 1.29 is 14.3 Å². The number of carbonyl (C=O) groups is 2. The number of hydrogen-bond acceptors (Lipinski definition) is 3. The molecule has 1 aliphatic rings. The van der Waals surface area contributed by atoms with E-state index in [1.54, 1.807) is 14.0 Å². The number of ether oxygens (including phenoxy) is 1. The number of urea groups is 1. The Morgan fingerprint density at radius 1 is 0.935 bits per heavy atom. The van der Waals surface area contributed by atoms with Crippen LogP contribution in [-0.4, -0.2) is 19.0 Å². The SMILES string of the molecule is COc1ccc(C2NC(=O)N(c3ccccc3)C(C)=C2C(=O)Nc2ccccc2)cc1. The lowest BCUT2D eigenvalue weighted by Gasteiger charge is -2.35. The molecule has 1 unspecified atom stereocenters. The molecule has 1 atom stereocenters. The highest BCUT2D eigenvalue weighted by Gasteiger charge is 2.36. The highest BCUT2D eigenvalue weighted by atomic mass is 16.5. The number of methoxy groups -OCH3 is 1. The average molecular weight is 413 g/mol. The van der Waals surface area contributed by atoms with E-state index in [2.05, 4.69) is 10.6 Å². The van der Waals surface area contributed by atoms with E-state index in [0.717, 1.165) is 5.56 Å². The number of para-hydroxylation sites is 2. The second-order valence-corrected chi connectivity index (χ2v) is 7.15. The molecule has 0 aromatic heterocycles. The first-order valence-electron chi connectivity index (χ1n) is 9.95. The van der Waals surface area contributed by atoms with E-state index in [1.165, 1.54) is 4.90 Å². The van der Waals surface area contributed by atoms with Crippen molar-refractivity contribution in [2.24, 2.45) is 0 Å². The van der Waals surface area contributed by atoms with E-state index in [4.69, 9.17) is 4.74 Å². The largest absolute Gasteiger partial charge is 0.497 e. The Kier molecular flexibility index (Phi) is 5.71. The van der Waals surface area contributed by atoms with Gasteiger partial charge in [-0.25, -0.2) is 4.79 Å². The van der Waals surface area contributed by atoms with Gasteiger partial charge in [-0.3, -0.25) is 9.69 Å². The molecule has 0 saturated carbocycles. The summed E-state index contributed by atoms with van der Waals surface area (Å²) in [7, 11) is 1.60. The monoisotopic (exact) mass is 413 g/mol. The second kappa shape index (κ2) is 8.75. The molecule has 156 valence electrons. The van der Waals surface area contributed by atoms with Crippen LogP contribution in [0, 0.1) is 0 Å². The van der Waals surface area contributed by atoms with Crippen molar-refractivity contribution in [2.75, 3.05) is 17.3 Å². The molecule has 0 spiro atoms. The molecule has 1 aliphatic heterocycles. The first kappa shape index (κ1) is 20.2. The maximum absolute atomic E-state index is 13.4. The smallest absolute Gasteiger partial charge is 0.326 e. The average Bonchev–Trinajstić information content (AvgIpc) is 2.80. The van der Waals surface area contributed by atoms with Gasteiger partial charge in [0.1, 0.15) is 5.75 Å². The summed E-state index contributed by atoms with van der Waals surface area (Å²) in [6.45, 7) is 1.79. The third-order valence-electron chi connectivity index (χ3n) is 5.22. The second-order valence-electron chi connectivity index (χ2n) is 7.15. The predicted octanol–water partition coefficient (Wildman–Crippen LogP) is 4.88. The van der Waals surface area contributed by atoms with Crippen LogP contribution in [0.4, 0.5) is 16.2 Å². The zero-order valence-electron chi connectivity index (χ0n) is 17.3. The van der Waals surface area contributed by atoms with Crippen LogP contribution >= 0.6 is 0 Å². The van der Waals surface area contributed by atoms with Crippen molar-refractivity contribution in [3.05, 3.63) is 102 Å². The lowest BCUT2D eigenvalue weighted by Crippen LogP contribution is -2.48. The summed E-state index contributed by atoms with van der Waals surface area (Å²) >= 11 is 0. The van der Waals surface area contributed by atoms with Crippen LogP contribution in [0.5, 0.6) is 5.75 Å². The molecule has 3 aromatic rings. The van der Waals surface area contributed by atoms with E-state index in [0.29, 0.717) is 28.4 Å². The number of nitrogens with one attached hydrogen (secondary N) is 2. The molecule has 2 N–H and O–H groups in total. The molecule has 0 radical (unpaired) electrons. The zero-order valence-corrected chi connectivity index (χ0v) is 17.3. The fourth-order valence-corrected chi connectivity index (χ4v) is 3.69. The Morgan fingerprint density at radius 2 is 1.55 bits per heavy atom. The van der Waals surface area contributed by atoms with Crippen molar-refractivity contribution in [3.8, 4) is 5.75 Å². The van der Waals surface area contributed by atoms with Crippen LogP contribution in [0.15, 0.2) is 96.2 Å². The first-order valence-corrected chi connectivity index (χ1v) is 9.95. The Bertz CT molecular complexity index is 1110. The molecule has 6 nitrogen and oxygen atoms in total. The van der Waals surface area contributed by atoms with Crippen LogP contribution in [-0.2, 0) is 4.79 Å². The summed E-state index contributed by atoms with van der Waals surface area (Å²) in [6.07, 6.45) is 0. The van der Waals surface area contributed by atoms with Gasteiger partial charge in [0, 0.05) is 11.4 Å². The summed E-state index contributed by atoms with van der Waals surface area (Å²) in [6, 6.07) is 25.0. The maximum atomic E-state index is 13.4. The quantitative estimate of drug-likeness (QED) is 0.626. The van der Waals surface area contributed by atoms with Crippen molar-refractivity contribution in [2.45, 2.75) is 13.0 Å². The minimum Gasteiger partial charge on any atom is -0.497 e. The molecule has 0 aliphatic carbocycles. The predicted molar refractivity (Wildman–Crippen MR) is 121 cm³/mol. The van der Waals surface area contributed by atoms with E-state index < -0.39 is 6.04 Å². The number of hydrogen-bond donors (Lipinski definition) is 2. The van der Waals surface area contributed by atoms with Crippen LogP contribution in [0.3, 0.4) is 0 Å². The van der Waals surface area contributed by atoms with Gasteiger partial charge in [0.25, 0.3) is 5.91 Å². The van der Waals surface area contributed by atoms with Crippen molar-refractivity contribution in [1.29, 1.82) is 0 Å². The summed E-state index contributed by atoms with van der Waals surface area (Å²) in [5, 5.41) is 5.95. The Morgan fingerprint density at radius 3 is 2.16 bits per heavy atom. The van der Waals surface area contributed by atoms with Crippen LogP contribution in [0.25, 0.3) is 0 Å². The van der Waals surface area contributed by atoms with Gasteiger partial charge in [-0.05, 0) is 48.9 Å². The molecular weight excluding hydrogens is 390 g/mol. The van der Waals surface area contributed by atoms with E-state index in [9.17, 15) is 9.59 Å². The fraction of sp³-hybridized carbons (Fsp3) is 0.120. The normalized spacial score (nSPS) is 16.0. The number of benzene rings is 3. The number of amides is 3. The van der Waals surface area contributed by atoms with Crippen molar-refractivity contribution in [1.82, 2.24) is 5.32 Å². The van der Waals surface area contributed by atoms with Gasteiger partial charge in [0.05, 0.1) is 24.4 Å². The lowest BCUT2D eigenvalue weighted by atomic mass is 9.93. The summed E-state index contributed by atoms with van der Waals surface area (Å²) in [4.78, 5) is 28.0. The van der Waals surface area contributed by atoms with E-state index >= 15 is 0 Å². The molecule has 1 heterocycles. The summed E-state index contributed by atoms with van der Waals surface area (Å²) in [5.41, 5.74) is 3.21. The molecule has 6 heteroatoms. The minimum atomic E-state index is -0.595. The minimum absolute atomic E-state index is 0.273. The molecule has 0 saturated heterocycles. The van der Waals surface area contributed by atoms with Gasteiger partial charge in [0.2, 0.25) is 0 Å². The number of carbonyl (C=O) groups excluding carboxylic acids is 2. The summed E-state index contributed by atoms with van der Waals surface area (Å²) in [5.74, 6) is 0.429. The van der Waals surface area contributed by atoms with Crippen molar-refractivity contribution >= 4 is 23.3 Å². The van der Waals surface area contributed by atoms with Gasteiger partial charge in [0.15, 0.2) is 0 Å². The third-order valence-corrected chi connectivity index (χ3v) is 5.22. The molecule has 0 bridgehead atoms. The molecular formula is C25H23N3O3. The van der Waals surface area contributed by atoms with Crippen LogP contribution in [0.2, 0.25) is 0 Å². The number of anilines is 2. The van der Waals surface area contributed by atoms with Gasteiger partial charge in [-0.2, -0.15) is 0 Å². The highest BCUT2D eigenvalue weighted by Crippen LogP contribution is 2.34. The summed E-state index contributed by atoms with van der Waals surface area (Å²) < 4.78 is 5.24. The van der Waals surface area contributed by atoms with Gasteiger partial charge in [-0.1, -0.05) is 48.5 Å². The third kappa shape index (κ3) is 4.14. The van der Waals surface area contributed by atoms with Crippen LogP contribution < -0.4 is 20.3 Å². The standard InChI is InChI=1S/C25H23N3O3/c1-17-22(24(29)26-19-9-5-3-6-10-19)23(18-13-15-21(31-2)16-14-18)27-25(30)28(17)20-11-7-4-8-12-20/h3-16,23H,1-2H3,(H,26,29)(H,27,30). The lowest BCUT2D eigenvalue weighted by molar-refractivity contribution is -0.113. The van der Waals surface area contributed by atoms with E-state index in [-0.39, 0.29) is 11.9 Å². The van der Waals surface area contributed by atoms with E-state index in [1.807, 2.05) is 84.9 Å². The maximum Gasteiger partial charge on any atom is 0.326 e. The molecule has 3 aromatic carbocycles.